The lowest BCUT2D eigenvalue weighted by atomic mass is 9.98. The van der Waals surface area contributed by atoms with Crippen molar-refractivity contribution in [2.24, 2.45) is 0 Å². The van der Waals surface area contributed by atoms with E-state index in [1.165, 1.54) is 30.5 Å². The highest BCUT2D eigenvalue weighted by Crippen LogP contribution is 2.24. The highest BCUT2D eigenvalue weighted by molar-refractivity contribution is 5.28. The Morgan fingerprint density at radius 2 is 2.17 bits per heavy atom. The summed E-state index contributed by atoms with van der Waals surface area (Å²) in [5.74, 6) is 0. The highest BCUT2D eigenvalue weighted by Gasteiger charge is 2.13. The first-order chi connectivity index (χ1) is 5.77. The minimum Gasteiger partial charge on any atom is -0.387 e. The second kappa shape index (κ2) is 2.94. The first-order valence-corrected chi connectivity index (χ1v) is 4.66. The third kappa shape index (κ3) is 1.27. The van der Waals surface area contributed by atoms with Gasteiger partial charge in [-0.05, 0) is 44.2 Å². The number of hydrogen-bond acceptors (Lipinski definition) is 1. The average molecular weight is 165 g/mol. The topological polar surface area (TPSA) is 36.0 Å². The van der Waals surface area contributed by atoms with Crippen LogP contribution in [-0.4, -0.2) is 10.1 Å². The van der Waals surface area contributed by atoms with Gasteiger partial charge >= 0.3 is 0 Å². The Bertz CT molecular complexity index is 252. The number of aryl methyl sites for hydroxylation is 2. The molecular formula is C10H15NO. The van der Waals surface area contributed by atoms with Crippen molar-refractivity contribution in [3.8, 4) is 0 Å². The molecule has 66 valence electrons. The normalized spacial score (nSPS) is 18.8. The third-order valence-electron chi connectivity index (χ3n) is 2.59. The fourth-order valence-corrected chi connectivity index (χ4v) is 1.85. The largest absolute Gasteiger partial charge is 0.387 e. The van der Waals surface area contributed by atoms with Gasteiger partial charge in [-0.15, -0.1) is 0 Å². The van der Waals surface area contributed by atoms with E-state index in [4.69, 9.17) is 0 Å². The van der Waals surface area contributed by atoms with E-state index < -0.39 is 0 Å². The smallest absolute Gasteiger partial charge is 0.0909 e. The van der Waals surface area contributed by atoms with Gasteiger partial charge < -0.3 is 10.1 Å². The first-order valence-electron chi connectivity index (χ1n) is 4.66. The van der Waals surface area contributed by atoms with Gasteiger partial charge in [0.1, 0.15) is 0 Å². The van der Waals surface area contributed by atoms with Crippen molar-refractivity contribution in [2.45, 2.75) is 38.7 Å². The molecule has 0 spiro atoms. The molecular weight excluding hydrogens is 150 g/mol. The van der Waals surface area contributed by atoms with Crippen molar-refractivity contribution in [3.63, 3.8) is 0 Å². The summed E-state index contributed by atoms with van der Waals surface area (Å²) in [5.41, 5.74) is 3.73. The second-order valence-electron chi connectivity index (χ2n) is 3.61. The Balaban J connectivity index is 2.32. The molecule has 2 nitrogen and oxygen atoms in total. The molecule has 0 unspecified atom stereocenters. The average Bonchev–Trinajstić information content (AvgIpc) is 2.46. The van der Waals surface area contributed by atoms with Crippen LogP contribution in [0.5, 0.6) is 0 Å². The van der Waals surface area contributed by atoms with Crippen LogP contribution in [0.25, 0.3) is 0 Å². The number of fused-ring (bicyclic) bond motifs is 1. The molecule has 1 aliphatic carbocycles. The number of aromatic amines is 1. The van der Waals surface area contributed by atoms with Crippen molar-refractivity contribution in [2.75, 3.05) is 0 Å². The van der Waals surface area contributed by atoms with Crippen LogP contribution in [-0.2, 0) is 12.8 Å². The van der Waals surface area contributed by atoms with E-state index in [1.54, 1.807) is 6.92 Å². The molecule has 1 aromatic rings. The SMILES string of the molecule is C[C@@H](O)c1cc2c([nH]1)CCCC2. The van der Waals surface area contributed by atoms with E-state index in [1.807, 2.05) is 0 Å². The first kappa shape index (κ1) is 7.87. The molecule has 2 heteroatoms. The number of nitrogens with one attached hydrogen (secondary N) is 1. The molecule has 1 aliphatic rings. The van der Waals surface area contributed by atoms with Crippen LogP contribution >= 0.6 is 0 Å². The summed E-state index contributed by atoms with van der Waals surface area (Å²) in [6.45, 7) is 1.80. The lowest BCUT2D eigenvalue weighted by Gasteiger charge is -2.09. The molecule has 0 amide bonds. The molecule has 0 saturated carbocycles. The van der Waals surface area contributed by atoms with Gasteiger partial charge in [0.2, 0.25) is 0 Å². The van der Waals surface area contributed by atoms with Crippen LogP contribution < -0.4 is 0 Å². The van der Waals surface area contributed by atoms with Crippen molar-refractivity contribution < 1.29 is 5.11 Å². The third-order valence-corrected chi connectivity index (χ3v) is 2.59. The minimum absolute atomic E-state index is 0.351. The molecule has 0 radical (unpaired) electrons. The van der Waals surface area contributed by atoms with Gasteiger partial charge in [-0.25, -0.2) is 0 Å². The molecule has 1 aromatic heterocycles. The van der Waals surface area contributed by atoms with Crippen LogP contribution in [0.2, 0.25) is 0 Å². The number of rotatable bonds is 1. The zero-order valence-electron chi connectivity index (χ0n) is 7.43. The zero-order valence-corrected chi connectivity index (χ0v) is 7.43. The molecule has 0 saturated heterocycles. The number of hydrogen-bond donors (Lipinski definition) is 2. The van der Waals surface area contributed by atoms with E-state index in [-0.39, 0.29) is 6.10 Å². The predicted octanol–water partition coefficient (Wildman–Crippen LogP) is 1.95. The lowest BCUT2D eigenvalue weighted by molar-refractivity contribution is 0.195. The minimum atomic E-state index is -0.351. The molecule has 0 bridgehead atoms. The fraction of sp³-hybridized carbons (Fsp3) is 0.600. The molecule has 0 aromatic carbocycles. The molecule has 0 fully saturated rings. The maximum Gasteiger partial charge on any atom is 0.0909 e. The van der Waals surface area contributed by atoms with E-state index >= 15 is 0 Å². The van der Waals surface area contributed by atoms with Gasteiger partial charge in [0.25, 0.3) is 0 Å². The maximum absolute atomic E-state index is 9.34. The Morgan fingerprint density at radius 3 is 2.83 bits per heavy atom. The monoisotopic (exact) mass is 165 g/mol. The summed E-state index contributed by atoms with van der Waals surface area (Å²) < 4.78 is 0. The van der Waals surface area contributed by atoms with E-state index in [0.717, 1.165) is 12.1 Å². The van der Waals surface area contributed by atoms with Crippen LogP contribution in [0.1, 0.15) is 42.8 Å². The van der Waals surface area contributed by atoms with E-state index in [0.29, 0.717) is 0 Å². The van der Waals surface area contributed by atoms with Gasteiger partial charge in [-0.2, -0.15) is 0 Å². The molecule has 0 aliphatic heterocycles. The van der Waals surface area contributed by atoms with Gasteiger partial charge in [0.15, 0.2) is 0 Å². The predicted molar refractivity (Wildman–Crippen MR) is 48.1 cm³/mol. The second-order valence-corrected chi connectivity index (χ2v) is 3.61. The summed E-state index contributed by atoms with van der Waals surface area (Å²) in [6, 6.07) is 2.11. The van der Waals surface area contributed by atoms with Crippen molar-refractivity contribution in [1.82, 2.24) is 4.98 Å². The van der Waals surface area contributed by atoms with Crippen molar-refractivity contribution >= 4 is 0 Å². The summed E-state index contributed by atoms with van der Waals surface area (Å²) in [4.78, 5) is 3.28. The van der Waals surface area contributed by atoms with Gasteiger partial charge in [0.05, 0.1) is 6.10 Å². The zero-order chi connectivity index (χ0) is 8.55. The molecule has 2 rings (SSSR count). The Morgan fingerprint density at radius 1 is 1.42 bits per heavy atom. The van der Waals surface area contributed by atoms with Gasteiger partial charge in [-0.1, -0.05) is 0 Å². The van der Waals surface area contributed by atoms with Gasteiger partial charge in [0, 0.05) is 11.4 Å². The Kier molecular flexibility index (Phi) is 1.93. The quantitative estimate of drug-likeness (QED) is 0.655. The van der Waals surface area contributed by atoms with Gasteiger partial charge in [-0.3, -0.25) is 0 Å². The Hall–Kier alpha value is -0.760. The lowest BCUT2D eigenvalue weighted by Crippen LogP contribution is -1.99. The summed E-state index contributed by atoms with van der Waals surface area (Å²) in [5, 5.41) is 9.34. The molecule has 12 heavy (non-hydrogen) atoms. The number of aromatic nitrogens is 1. The van der Waals surface area contributed by atoms with Crippen LogP contribution in [0.15, 0.2) is 6.07 Å². The molecule has 1 heterocycles. The molecule has 1 atom stereocenters. The number of aliphatic hydroxyl groups excluding tert-OH is 1. The Labute approximate surface area is 72.6 Å². The van der Waals surface area contributed by atoms with Crippen molar-refractivity contribution in [3.05, 3.63) is 23.0 Å². The van der Waals surface area contributed by atoms with E-state index in [9.17, 15) is 5.11 Å². The molecule has 2 N–H and O–H groups in total. The number of aliphatic hydroxyl groups is 1. The summed E-state index contributed by atoms with van der Waals surface area (Å²) >= 11 is 0. The van der Waals surface area contributed by atoms with E-state index in [2.05, 4.69) is 11.1 Å². The maximum atomic E-state index is 9.34. The summed E-state index contributed by atoms with van der Waals surface area (Å²) in [6.07, 6.45) is 4.56. The van der Waals surface area contributed by atoms with Crippen molar-refractivity contribution in [1.29, 1.82) is 0 Å². The van der Waals surface area contributed by atoms with Crippen LogP contribution in [0.4, 0.5) is 0 Å². The highest BCUT2D eigenvalue weighted by atomic mass is 16.3. The standard InChI is InChI=1S/C10H15NO/c1-7(12)10-6-8-4-2-3-5-9(8)11-10/h6-7,11-12H,2-5H2,1H3/t7-/m1/s1. The summed E-state index contributed by atoms with van der Waals surface area (Å²) in [7, 11) is 0. The number of H-pyrrole nitrogens is 1. The van der Waals surface area contributed by atoms with Crippen LogP contribution in [0.3, 0.4) is 0 Å². The van der Waals surface area contributed by atoms with Crippen LogP contribution in [0, 0.1) is 0 Å². The fourth-order valence-electron chi connectivity index (χ4n) is 1.85.